The maximum absolute atomic E-state index is 11.9. The van der Waals surface area contributed by atoms with Crippen LogP contribution in [0.3, 0.4) is 0 Å². The summed E-state index contributed by atoms with van der Waals surface area (Å²) in [6.07, 6.45) is 0.420. The number of methoxy groups -OCH3 is 1. The maximum Gasteiger partial charge on any atom is 0.224 e. The minimum Gasteiger partial charge on any atom is -0.496 e. The van der Waals surface area contributed by atoms with Gasteiger partial charge < -0.3 is 10.1 Å². The second kappa shape index (κ2) is 6.38. The van der Waals surface area contributed by atoms with Crippen molar-refractivity contribution in [2.75, 3.05) is 7.11 Å². The molecule has 1 heterocycles. The molecule has 0 unspecified atom stereocenters. The van der Waals surface area contributed by atoms with Crippen LogP contribution in [0.25, 0.3) is 0 Å². The fourth-order valence-electron chi connectivity index (χ4n) is 1.97. The number of amides is 1. The van der Waals surface area contributed by atoms with Crippen molar-refractivity contribution < 1.29 is 9.53 Å². The van der Waals surface area contributed by atoms with Crippen LogP contribution < -0.4 is 10.1 Å². The molecule has 1 atom stereocenters. The number of rotatable bonds is 5. The molecule has 0 saturated carbocycles. The van der Waals surface area contributed by atoms with Crippen molar-refractivity contribution in [1.29, 1.82) is 0 Å². The van der Waals surface area contributed by atoms with E-state index in [2.05, 4.69) is 5.32 Å². The number of hydrogen-bond donors (Lipinski definition) is 1. The Kier molecular flexibility index (Phi) is 4.58. The van der Waals surface area contributed by atoms with Crippen molar-refractivity contribution >= 4 is 17.2 Å². The van der Waals surface area contributed by atoms with Gasteiger partial charge in [-0.05, 0) is 35.4 Å². The zero-order chi connectivity index (χ0) is 13.7. The lowest BCUT2D eigenvalue weighted by Crippen LogP contribution is -2.28. The molecule has 0 radical (unpaired) electrons. The Bertz CT molecular complexity index is 537. The Balaban J connectivity index is 2.00. The lowest BCUT2D eigenvalue weighted by atomic mass is 10.1. The van der Waals surface area contributed by atoms with Gasteiger partial charge in [-0.3, -0.25) is 4.79 Å². The van der Waals surface area contributed by atoms with Gasteiger partial charge in [0.25, 0.3) is 0 Å². The summed E-state index contributed by atoms with van der Waals surface area (Å²) in [7, 11) is 1.64. The molecular weight excluding hydrogens is 258 g/mol. The first-order valence-corrected chi connectivity index (χ1v) is 7.08. The van der Waals surface area contributed by atoms with E-state index in [9.17, 15) is 4.79 Å². The van der Waals surface area contributed by atoms with Crippen molar-refractivity contribution in [3.63, 3.8) is 0 Å². The predicted octanol–water partition coefficient (Wildman–Crippen LogP) is 3.18. The summed E-state index contributed by atoms with van der Waals surface area (Å²) in [5.74, 6) is 0.822. The van der Waals surface area contributed by atoms with Crippen molar-refractivity contribution in [3.8, 4) is 5.75 Å². The Morgan fingerprint density at radius 2 is 2.16 bits per heavy atom. The second-order valence-corrected chi connectivity index (χ2v) is 5.12. The normalized spacial score (nSPS) is 11.9. The highest BCUT2D eigenvalue weighted by molar-refractivity contribution is 7.07. The minimum atomic E-state index is -0.0673. The molecule has 1 aromatic heterocycles. The highest BCUT2D eigenvalue weighted by Gasteiger charge is 2.13. The zero-order valence-electron chi connectivity index (χ0n) is 11.1. The van der Waals surface area contributed by atoms with Crippen LogP contribution in [-0.4, -0.2) is 13.0 Å². The average Bonchev–Trinajstić information content (AvgIpc) is 2.91. The molecule has 3 nitrogen and oxygen atoms in total. The molecule has 19 heavy (non-hydrogen) atoms. The highest BCUT2D eigenvalue weighted by atomic mass is 32.1. The molecule has 2 rings (SSSR count). The summed E-state index contributed by atoms with van der Waals surface area (Å²) < 4.78 is 5.30. The summed E-state index contributed by atoms with van der Waals surface area (Å²) in [6.45, 7) is 1.96. The molecule has 0 aliphatic carbocycles. The van der Waals surface area contributed by atoms with Crippen molar-refractivity contribution in [1.82, 2.24) is 5.32 Å². The standard InChI is InChI=1S/C15H17NO2S/c1-11(13-5-3-4-6-14(13)18-2)16-15(17)9-12-7-8-19-10-12/h3-8,10-11H,9H2,1-2H3,(H,16,17)/t11-/m0/s1. The van der Waals surface area contributed by atoms with Gasteiger partial charge in [-0.25, -0.2) is 0 Å². The van der Waals surface area contributed by atoms with Crippen LogP contribution in [-0.2, 0) is 11.2 Å². The van der Waals surface area contributed by atoms with Crippen molar-refractivity contribution in [3.05, 3.63) is 52.2 Å². The van der Waals surface area contributed by atoms with Crippen LogP contribution in [0, 0.1) is 0 Å². The van der Waals surface area contributed by atoms with Crippen LogP contribution in [0.1, 0.15) is 24.1 Å². The number of carbonyl (C=O) groups is 1. The molecule has 0 fully saturated rings. The molecule has 0 bridgehead atoms. The molecule has 2 aromatic rings. The van der Waals surface area contributed by atoms with Gasteiger partial charge in [-0.1, -0.05) is 18.2 Å². The number of ether oxygens (including phenoxy) is 1. The number of hydrogen-bond acceptors (Lipinski definition) is 3. The zero-order valence-corrected chi connectivity index (χ0v) is 11.9. The molecule has 0 saturated heterocycles. The number of benzene rings is 1. The van der Waals surface area contributed by atoms with Gasteiger partial charge >= 0.3 is 0 Å². The van der Waals surface area contributed by atoms with Crippen LogP contribution in [0.5, 0.6) is 5.75 Å². The first-order chi connectivity index (χ1) is 9.20. The lowest BCUT2D eigenvalue weighted by Gasteiger charge is -2.17. The van der Waals surface area contributed by atoms with E-state index in [4.69, 9.17) is 4.74 Å². The molecule has 100 valence electrons. The summed E-state index contributed by atoms with van der Waals surface area (Å²) in [6, 6.07) is 9.63. The second-order valence-electron chi connectivity index (χ2n) is 4.34. The van der Waals surface area contributed by atoms with E-state index < -0.39 is 0 Å². The molecule has 1 amide bonds. The number of thiophene rings is 1. The Morgan fingerprint density at radius 3 is 2.84 bits per heavy atom. The summed E-state index contributed by atoms with van der Waals surface area (Å²) in [5.41, 5.74) is 2.04. The molecule has 1 aromatic carbocycles. The quantitative estimate of drug-likeness (QED) is 0.910. The number of carbonyl (C=O) groups excluding carboxylic acids is 1. The van der Waals surface area contributed by atoms with E-state index in [0.29, 0.717) is 6.42 Å². The third-order valence-corrected chi connectivity index (χ3v) is 3.66. The summed E-state index contributed by atoms with van der Waals surface area (Å²) in [4.78, 5) is 11.9. The van der Waals surface area contributed by atoms with Crippen molar-refractivity contribution in [2.24, 2.45) is 0 Å². The minimum absolute atomic E-state index is 0.0248. The summed E-state index contributed by atoms with van der Waals surface area (Å²) in [5, 5.41) is 6.97. The van der Waals surface area contributed by atoms with Gasteiger partial charge in [0, 0.05) is 5.56 Å². The van der Waals surface area contributed by atoms with E-state index in [1.807, 2.05) is 48.0 Å². The van der Waals surface area contributed by atoms with E-state index in [-0.39, 0.29) is 11.9 Å². The van der Waals surface area contributed by atoms with E-state index in [1.54, 1.807) is 18.4 Å². The molecule has 0 spiro atoms. The Morgan fingerprint density at radius 1 is 1.37 bits per heavy atom. The topological polar surface area (TPSA) is 38.3 Å². The molecule has 4 heteroatoms. The first-order valence-electron chi connectivity index (χ1n) is 6.14. The molecule has 0 aliphatic rings. The van der Waals surface area contributed by atoms with Crippen LogP contribution in [0.4, 0.5) is 0 Å². The van der Waals surface area contributed by atoms with Crippen molar-refractivity contribution in [2.45, 2.75) is 19.4 Å². The SMILES string of the molecule is COc1ccccc1[C@H](C)NC(=O)Cc1ccsc1. The Labute approximate surface area is 117 Å². The van der Waals surface area contributed by atoms with Gasteiger partial charge in [0.05, 0.1) is 19.6 Å². The average molecular weight is 275 g/mol. The van der Waals surface area contributed by atoms with Crippen LogP contribution in [0.15, 0.2) is 41.1 Å². The third kappa shape index (κ3) is 3.58. The van der Waals surface area contributed by atoms with Crippen LogP contribution in [0.2, 0.25) is 0 Å². The number of para-hydroxylation sites is 1. The van der Waals surface area contributed by atoms with Crippen LogP contribution >= 0.6 is 11.3 Å². The molecule has 0 aliphatic heterocycles. The smallest absolute Gasteiger partial charge is 0.224 e. The largest absolute Gasteiger partial charge is 0.496 e. The lowest BCUT2D eigenvalue weighted by molar-refractivity contribution is -0.121. The van der Waals surface area contributed by atoms with Gasteiger partial charge in [0.15, 0.2) is 0 Å². The van der Waals surface area contributed by atoms with E-state index >= 15 is 0 Å². The fraction of sp³-hybridized carbons (Fsp3) is 0.267. The number of nitrogens with one attached hydrogen (secondary N) is 1. The molecule has 1 N–H and O–H groups in total. The van der Waals surface area contributed by atoms with E-state index in [1.165, 1.54) is 0 Å². The van der Waals surface area contributed by atoms with Gasteiger partial charge in [0.2, 0.25) is 5.91 Å². The van der Waals surface area contributed by atoms with Gasteiger partial charge in [0.1, 0.15) is 5.75 Å². The highest BCUT2D eigenvalue weighted by Crippen LogP contribution is 2.24. The first kappa shape index (κ1) is 13.6. The monoisotopic (exact) mass is 275 g/mol. The third-order valence-electron chi connectivity index (χ3n) is 2.93. The predicted molar refractivity (Wildman–Crippen MR) is 77.6 cm³/mol. The van der Waals surface area contributed by atoms with E-state index in [0.717, 1.165) is 16.9 Å². The maximum atomic E-state index is 11.9. The summed E-state index contributed by atoms with van der Waals surface area (Å²) >= 11 is 1.60. The van der Waals surface area contributed by atoms with Gasteiger partial charge in [-0.15, -0.1) is 0 Å². The Hall–Kier alpha value is -1.81. The molecular formula is C15H17NO2S. The van der Waals surface area contributed by atoms with Gasteiger partial charge in [-0.2, -0.15) is 11.3 Å². The fourth-order valence-corrected chi connectivity index (χ4v) is 2.64.